The molecule has 4 aromatic carbocycles. The van der Waals surface area contributed by atoms with Crippen LogP contribution in [0.4, 0.5) is 9.59 Å². The number of aromatic amines is 1. The molecule has 352 valence electrons. The molecule has 0 saturated carbocycles. The van der Waals surface area contributed by atoms with Gasteiger partial charge in [0.15, 0.2) is 0 Å². The minimum absolute atomic E-state index is 0.000331. The second-order valence-corrected chi connectivity index (χ2v) is 17.4. The number of hydrogen-bond acceptors (Lipinski definition) is 9. The Morgan fingerprint density at radius 2 is 1.39 bits per heavy atom. The van der Waals surface area contributed by atoms with Crippen molar-refractivity contribution in [3.8, 4) is 23.1 Å². The topological polar surface area (TPSA) is 193 Å². The van der Waals surface area contributed by atoms with Gasteiger partial charge in [-0.3, -0.25) is 14.6 Å². The molecule has 1 aliphatic heterocycles. The summed E-state index contributed by atoms with van der Waals surface area (Å²) in [6.07, 6.45) is 4.91. The number of aromatic nitrogens is 2. The molecule has 14 nitrogen and oxygen atoms in total. The Labute approximate surface area is 394 Å². The number of rotatable bonds is 12. The van der Waals surface area contributed by atoms with E-state index in [9.17, 15) is 19.2 Å². The number of aryl methyl sites for hydroxylation is 1. The summed E-state index contributed by atoms with van der Waals surface area (Å²) < 4.78 is 10.3. The molecule has 6 rings (SSSR count). The van der Waals surface area contributed by atoms with Gasteiger partial charge in [-0.1, -0.05) is 110 Å². The van der Waals surface area contributed by atoms with Gasteiger partial charge in [0.25, 0.3) is 0 Å². The quantitative estimate of drug-likeness (QED) is 0.0607. The highest BCUT2D eigenvalue weighted by Gasteiger charge is 2.29. The van der Waals surface area contributed by atoms with E-state index < -0.39 is 35.3 Å². The zero-order chi connectivity index (χ0) is 48.8. The van der Waals surface area contributed by atoms with Gasteiger partial charge in [0.1, 0.15) is 29.6 Å². The maximum atomic E-state index is 12.8. The number of hydrogen-bond donors (Lipinski definition) is 5. The number of nitrogens with zero attached hydrogens (tertiary/aromatic N) is 3. The summed E-state index contributed by atoms with van der Waals surface area (Å²) in [6, 6.07) is 35.9. The van der Waals surface area contributed by atoms with E-state index in [1.807, 2.05) is 102 Å². The Morgan fingerprint density at radius 3 is 1.91 bits per heavy atom. The molecule has 1 saturated heterocycles. The number of likely N-dealkylation sites (tertiary alicyclic amines) is 1. The first-order chi connectivity index (χ1) is 31.9. The molecule has 1 fully saturated rings. The number of aliphatic imine (C=N–C) groups is 1. The average molecular weight is 909 g/mol. The predicted molar refractivity (Wildman–Crippen MR) is 265 cm³/mol. The predicted octanol–water partition coefficient (Wildman–Crippen LogP) is 8.57. The van der Waals surface area contributed by atoms with E-state index in [4.69, 9.17) is 15.2 Å². The van der Waals surface area contributed by atoms with Crippen LogP contribution in [0.2, 0.25) is 0 Å². The molecule has 67 heavy (non-hydrogen) atoms. The second-order valence-electron chi connectivity index (χ2n) is 17.4. The maximum Gasteiger partial charge on any atom is 0.408 e. The van der Waals surface area contributed by atoms with Gasteiger partial charge < -0.3 is 41.0 Å². The minimum atomic E-state index is -0.888. The third-order valence-corrected chi connectivity index (χ3v) is 9.68. The van der Waals surface area contributed by atoms with E-state index in [0.717, 1.165) is 58.7 Å². The third kappa shape index (κ3) is 18.8. The largest absolute Gasteiger partial charge is 0.444 e. The zero-order valence-corrected chi connectivity index (χ0v) is 39.6. The van der Waals surface area contributed by atoms with Crippen LogP contribution in [0.5, 0.6) is 0 Å². The Hall–Kier alpha value is -7.66. The lowest BCUT2D eigenvalue weighted by Gasteiger charge is -2.26. The Balaban J connectivity index is 0.000000334. The molecule has 2 heterocycles. The number of alkyl carbamates (subject to hydrolysis) is 2. The SMILES string of the molecule is C=N/C=C(\NCC1CCCN1C(=O)CNC(=O)OC(C)(C)C)c1ccc(C#Cc2ccc(-c3cnc(CC)[nH]3)cc2)cc1.CC(C)(C)OC(=O)NC(C(N)=O)c1ccccc1.c1ccccc1. The first-order valence-corrected chi connectivity index (χ1v) is 22.2. The van der Waals surface area contributed by atoms with Crippen molar-refractivity contribution in [2.45, 2.75) is 91.0 Å². The monoisotopic (exact) mass is 908 g/mol. The molecule has 2 unspecified atom stereocenters. The average Bonchev–Trinajstić information content (AvgIpc) is 3.99. The number of benzene rings is 4. The summed E-state index contributed by atoms with van der Waals surface area (Å²) >= 11 is 0. The summed E-state index contributed by atoms with van der Waals surface area (Å²) in [5.41, 5.74) is 10.3. The number of ether oxygens (including phenoxy) is 2. The third-order valence-electron chi connectivity index (χ3n) is 9.68. The van der Waals surface area contributed by atoms with E-state index in [1.165, 1.54) is 0 Å². The van der Waals surface area contributed by atoms with E-state index in [2.05, 4.69) is 56.4 Å². The number of H-pyrrole nitrogens is 1. The summed E-state index contributed by atoms with van der Waals surface area (Å²) in [4.78, 5) is 61.2. The number of primary amides is 1. The maximum absolute atomic E-state index is 12.8. The summed E-state index contributed by atoms with van der Waals surface area (Å²) in [5.74, 6) is 6.67. The lowest BCUT2D eigenvalue weighted by molar-refractivity contribution is -0.131. The van der Waals surface area contributed by atoms with Crippen molar-refractivity contribution >= 4 is 36.4 Å². The molecule has 0 aliphatic carbocycles. The van der Waals surface area contributed by atoms with Gasteiger partial charge in [0, 0.05) is 42.9 Å². The van der Waals surface area contributed by atoms with Crippen molar-refractivity contribution in [3.63, 3.8) is 0 Å². The van der Waals surface area contributed by atoms with Crippen LogP contribution in [-0.4, -0.2) is 82.5 Å². The van der Waals surface area contributed by atoms with Crippen molar-refractivity contribution in [2.24, 2.45) is 10.7 Å². The van der Waals surface area contributed by atoms with Crippen molar-refractivity contribution in [1.82, 2.24) is 30.8 Å². The van der Waals surface area contributed by atoms with Gasteiger partial charge in [-0.25, -0.2) is 14.6 Å². The lowest BCUT2D eigenvalue weighted by atomic mass is 10.1. The lowest BCUT2D eigenvalue weighted by Crippen LogP contribution is -2.46. The number of amides is 4. The standard InChI is InChI=1S/C34H40N6O3.C13H18N2O3.C6H6/c1-6-31-37-22-30(39-31)27-17-13-25(14-18-27)10-9-24-11-15-26(16-12-24)29(21-35-5)36-20-28-8-7-19-40(28)32(41)23-38-33(42)43-34(2,3)4;1-13(2,3)18-12(17)15-10(11(14)16)9-7-5-4-6-8-9;1-2-4-6-5-3-1/h11-18,21-22,28,36H,5-8,19-20,23H2,1-4H3,(H,37,39)(H,38,42);4-8,10H,1-3H3,(H2,14,16)(H,15,17);1-6H/b29-21-;;. The molecule has 4 amide bonds. The van der Waals surface area contributed by atoms with Crippen molar-refractivity contribution in [1.29, 1.82) is 0 Å². The van der Waals surface area contributed by atoms with Crippen LogP contribution in [0.15, 0.2) is 133 Å². The molecule has 0 radical (unpaired) electrons. The first kappa shape index (κ1) is 52.0. The van der Waals surface area contributed by atoms with Crippen LogP contribution in [0.1, 0.15) is 95.4 Å². The smallest absolute Gasteiger partial charge is 0.408 e. The van der Waals surface area contributed by atoms with Gasteiger partial charge in [0.05, 0.1) is 17.6 Å². The van der Waals surface area contributed by atoms with Crippen LogP contribution >= 0.6 is 0 Å². The highest BCUT2D eigenvalue weighted by molar-refractivity contribution is 5.85. The summed E-state index contributed by atoms with van der Waals surface area (Å²) in [6.45, 7) is 17.4. The van der Waals surface area contributed by atoms with Gasteiger partial charge >= 0.3 is 12.2 Å². The van der Waals surface area contributed by atoms with Crippen LogP contribution in [-0.2, 0) is 25.5 Å². The van der Waals surface area contributed by atoms with Gasteiger partial charge in [0.2, 0.25) is 11.8 Å². The second kappa shape index (κ2) is 25.7. The summed E-state index contributed by atoms with van der Waals surface area (Å²) in [7, 11) is 0. The molecule has 6 N–H and O–H groups in total. The van der Waals surface area contributed by atoms with E-state index in [-0.39, 0.29) is 18.5 Å². The number of imidazole rings is 1. The highest BCUT2D eigenvalue weighted by Crippen LogP contribution is 2.21. The van der Waals surface area contributed by atoms with Gasteiger partial charge in [-0.15, -0.1) is 0 Å². The van der Waals surface area contributed by atoms with E-state index >= 15 is 0 Å². The number of nitrogens with one attached hydrogen (secondary N) is 4. The fourth-order valence-corrected chi connectivity index (χ4v) is 6.56. The number of carbonyl (C=O) groups excluding carboxylic acids is 4. The van der Waals surface area contributed by atoms with Gasteiger partial charge in [-0.2, -0.15) is 0 Å². The van der Waals surface area contributed by atoms with Gasteiger partial charge in [-0.05, 0) is 102 Å². The van der Waals surface area contributed by atoms with Crippen molar-refractivity contribution in [3.05, 3.63) is 156 Å². The Kier molecular flexibility index (Phi) is 20.0. The molecular weight excluding hydrogens is 845 g/mol. The zero-order valence-electron chi connectivity index (χ0n) is 39.6. The number of nitrogens with two attached hydrogens (primary N) is 1. The molecule has 1 aliphatic rings. The Morgan fingerprint density at radius 1 is 0.836 bits per heavy atom. The van der Waals surface area contributed by atoms with Crippen LogP contribution in [0.3, 0.4) is 0 Å². The fraction of sp³-hybridized carbons (Fsp3) is 0.321. The van der Waals surface area contributed by atoms with Crippen LogP contribution < -0.4 is 21.7 Å². The van der Waals surface area contributed by atoms with Crippen molar-refractivity contribution < 1.29 is 28.7 Å². The highest BCUT2D eigenvalue weighted by atomic mass is 16.6. The molecule has 14 heteroatoms. The molecular formula is C53H64N8O6. The fourth-order valence-electron chi connectivity index (χ4n) is 6.56. The van der Waals surface area contributed by atoms with Crippen molar-refractivity contribution in [2.75, 3.05) is 19.6 Å². The van der Waals surface area contributed by atoms with E-state index in [1.54, 1.807) is 72.0 Å². The Bertz CT molecular complexity index is 2420. The number of carbonyl (C=O) groups is 4. The van der Waals surface area contributed by atoms with E-state index in [0.29, 0.717) is 18.7 Å². The molecule has 0 bridgehead atoms. The molecule has 1 aromatic heterocycles. The molecule has 5 aromatic rings. The summed E-state index contributed by atoms with van der Waals surface area (Å²) in [5, 5.41) is 8.46. The minimum Gasteiger partial charge on any atom is -0.444 e. The first-order valence-electron chi connectivity index (χ1n) is 22.2. The normalized spacial score (nSPS) is 13.7. The molecule has 2 atom stereocenters. The van der Waals surface area contributed by atoms with Crippen LogP contribution in [0, 0.1) is 11.8 Å². The molecule has 0 spiro atoms. The van der Waals surface area contributed by atoms with Crippen LogP contribution in [0.25, 0.3) is 17.0 Å².